The predicted octanol–water partition coefficient (Wildman–Crippen LogP) is 5.26. The van der Waals surface area contributed by atoms with Crippen LogP contribution < -0.4 is 5.56 Å². The number of thioether (sulfide) groups is 1. The zero-order valence-electron chi connectivity index (χ0n) is 17.5. The normalized spacial score (nSPS) is 28.8. The summed E-state index contributed by atoms with van der Waals surface area (Å²) >= 11 is 1.43. The second-order valence-corrected chi connectivity index (χ2v) is 10.7. The molecule has 4 bridgehead atoms. The van der Waals surface area contributed by atoms with E-state index in [0.717, 1.165) is 42.7 Å². The number of carbonyl (C=O) groups excluding carboxylic acids is 1. The number of hydrogen-bond donors (Lipinski definition) is 0. The maximum absolute atomic E-state index is 13.5. The first-order valence-corrected chi connectivity index (χ1v) is 12.3. The van der Waals surface area contributed by atoms with E-state index < -0.39 is 0 Å². The van der Waals surface area contributed by atoms with Gasteiger partial charge in [-0.3, -0.25) is 14.2 Å². The van der Waals surface area contributed by atoms with E-state index in [1.54, 1.807) is 4.57 Å². The average Bonchev–Trinajstić information content (AvgIpc) is 2.77. The number of benzene rings is 2. The summed E-state index contributed by atoms with van der Waals surface area (Å²) in [5.74, 6) is 3.02. The molecule has 0 N–H and O–H groups in total. The average molecular weight is 431 g/mol. The molecule has 0 atom stereocenters. The van der Waals surface area contributed by atoms with Crippen molar-refractivity contribution >= 4 is 28.4 Å². The van der Waals surface area contributed by atoms with E-state index in [1.807, 2.05) is 54.6 Å². The number of Topliss-reactive ketones (excluding diaryl/α,β-unsaturated/α-hetero) is 1. The van der Waals surface area contributed by atoms with E-state index in [0.29, 0.717) is 27.6 Å². The lowest BCUT2D eigenvalue weighted by molar-refractivity contribution is -0.141. The van der Waals surface area contributed by atoms with Gasteiger partial charge in [0.15, 0.2) is 5.16 Å². The molecule has 1 aromatic heterocycles. The van der Waals surface area contributed by atoms with Gasteiger partial charge in [0.1, 0.15) is 5.78 Å². The molecular weight excluding hydrogens is 404 g/mol. The lowest BCUT2D eigenvalue weighted by Gasteiger charge is -2.56. The highest BCUT2D eigenvalue weighted by atomic mass is 32.2. The van der Waals surface area contributed by atoms with Gasteiger partial charge in [-0.25, -0.2) is 4.98 Å². The first-order chi connectivity index (χ1) is 15.1. The minimum absolute atomic E-state index is 0.0819. The Morgan fingerprint density at radius 3 is 2.23 bits per heavy atom. The molecule has 0 spiro atoms. The SMILES string of the molecule is O=C(CSc1nc2ccccc2c(=O)n1-c1ccccc1)C12CC3CC(CC(C3)C1)C2. The molecule has 4 nitrogen and oxygen atoms in total. The Morgan fingerprint density at radius 2 is 1.55 bits per heavy atom. The van der Waals surface area contributed by atoms with Gasteiger partial charge in [-0.15, -0.1) is 0 Å². The number of ketones is 1. The van der Waals surface area contributed by atoms with Crippen molar-refractivity contribution in [1.29, 1.82) is 0 Å². The lowest BCUT2D eigenvalue weighted by atomic mass is 9.48. The summed E-state index contributed by atoms with van der Waals surface area (Å²) in [6.45, 7) is 0. The van der Waals surface area contributed by atoms with Crippen molar-refractivity contribution in [2.24, 2.45) is 23.2 Å². The van der Waals surface area contributed by atoms with Crippen LogP contribution in [0.3, 0.4) is 0 Å². The van der Waals surface area contributed by atoms with Gasteiger partial charge in [0.05, 0.1) is 22.3 Å². The Labute approximate surface area is 186 Å². The topological polar surface area (TPSA) is 52.0 Å². The third-order valence-electron chi connectivity index (χ3n) is 7.72. The van der Waals surface area contributed by atoms with Gasteiger partial charge in [0.2, 0.25) is 0 Å². The summed E-state index contributed by atoms with van der Waals surface area (Å²) in [7, 11) is 0. The van der Waals surface area contributed by atoms with Crippen LogP contribution in [0.15, 0.2) is 64.5 Å². The molecule has 2 aromatic carbocycles. The number of carbonyl (C=O) groups is 1. The minimum Gasteiger partial charge on any atom is -0.298 e. The Morgan fingerprint density at radius 1 is 0.935 bits per heavy atom. The summed E-state index contributed by atoms with van der Waals surface area (Å²) in [6.07, 6.45) is 7.23. The van der Waals surface area contributed by atoms with Crippen LogP contribution in [-0.2, 0) is 4.79 Å². The van der Waals surface area contributed by atoms with Crippen molar-refractivity contribution in [1.82, 2.24) is 9.55 Å². The van der Waals surface area contributed by atoms with Gasteiger partial charge in [-0.05, 0) is 80.5 Å². The molecule has 0 amide bonds. The first-order valence-electron chi connectivity index (χ1n) is 11.3. The molecule has 0 radical (unpaired) electrons. The van der Waals surface area contributed by atoms with E-state index in [1.165, 1.54) is 31.0 Å². The van der Waals surface area contributed by atoms with Crippen LogP contribution in [0, 0.1) is 23.2 Å². The summed E-state index contributed by atoms with van der Waals surface area (Å²) in [5, 5.41) is 1.20. The molecule has 158 valence electrons. The fourth-order valence-electron chi connectivity index (χ4n) is 6.75. The zero-order chi connectivity index (χ0) is 21.0. The van der Waals surface area contributed by atoms with Crippen LogP contribution in [0.5, 0.6) is 0 Å². The van der Waals surface area contributed by atoms with Crippen molar-refractivity contribution in [3.8, 4) is 5.69 Å². The maximum Gasteiger partial charge on any atom is 0.266 e. The fourth-order valence-corrected chi connectivity index (χ4v) is 7.80. The van der Waals surface area contributed by atoms with Crippen molar-refractivity contribution in [2.75, 3.05) is 5.75 Å². The Kier molecular flexibility index (Phi) is 4.57. The highest BCUT2D eigenvalue weighted by molar-refractivity contribution is 7.99. The maximum atomic E-state index is 13.5. The highest BCUT2D eigenvalue weighted by Crippen LogP contribution is 2.60. The van der Waals surface area contributed by atoms with E-state index >= 15 is 0 Å². The molecule has 4 fully saturated rings. The number of aromatic nitrogens is 2. The molecule has 3 aromatic rings. The first kappa shape index (κ1) is 19.3. The second-order valence-electron chi connectivity index (χ2n) is 9.80. The summed E-state index contributed by atoms with van der Waals surface area (Å²) in [5.41, 5.74) is 1.28. The molecule has 0 saturated heterocycles. The Hall–Kier alpha value is -2.40. The van der Waals surface area contributed by atoms with Gasteiger partial charge < -0.3 is 0 Å². The molecule has 4 aliphatic carbocycles. The van der Waals surface area contributed by atoms with Crippen molar-refractivity contribution in [3.05, 3.63) is 65.0 Å². The standard InChI is InChI=1S/C26H26N2O2S/c29-23(26-13-17-10-18(14-26)12-19(11-17)15-26)16-31-25-27-22-9-5-4-8-21(22)24(30)28(25)20-6-2-1-3-7-20/h1-9,17-19H,10-16H2. The third kappa shape index (κ3) is 3.25. The van der Waals surface area contributed by atoms with Gasteiger partial charge in [-0.1, -0.05) is 42.1 Å². The fraction of sp³-hybridized carbons (Fsp3) is 0.423. The lowest BCUT2D eigenvalue weighted by Crippen LogP contribution is -2.50. The van der Waals surface area contributed by atoms with Crippen molar-refractivity contribution in [2.45, 2.75) is 43.7 Å². The molecule has 0 aliphatic heterocycles. The number of hydrogen-bond acceptors (Lipinski definition) is 4. The Balaban J connectivity index is 1.34. The van der Waals surface area contributed by atoms with Crippen LogP contribution in [0.4, 0.5) is 0 Å². The van der Waals surface area contributed by atoms with E-state index in [2.05, 4.69) is 0 Å². The molecule has 4 saturated carbocycles. The largest absolute Gasteiger partial charge is 0.298 e. The molecule has 5 heteroatoms. The van der Waals surface area contributed by atoms with Crippen LogP contribution in [-0.4, -0.2) is 21.1 Å². The van der Waals surface area contributed by atoms with Gasteiger partial charge in [0, 0.05) is 5.41 Å². The number of nitrogens with zero attached hydrogens (tertiary/aromatic N) is 2. The number of fused-ring (bicyclic) bond motifs is 1. The summed E-state index contributed by atoms with van der Waals surface area (Å²) in [6, 6.07) is 17.1. The monoisotopic (exact) mass is 430 g/mol. The Bertz CT molecular complexity index is 1180. The van der Waals surface area contributed by atoms with Crippen molar-refractivity contribution < 1.29 is 4.79 Å². The van der Waals surface area contributed by atoms with Crippen LogP contribution in [0.1, 0.15) is 38.5 Å². The quantitative estimate of drug-likeness (QED) is 0.409. The van der Waals surface area contributed by atoms with Crippen molar-refractivity contribution in [3.63, 3.8) is 0 Å². The van der Waals surface area contributed by atoms with Gasteiger partial charge >= 0.3 is 0 Å². The van der Waals surface area contributed by atoms with Crippen LogP contribution in [0.2, 0.25) is 0 Å². The molecule has 1 heterocycles. The van der Waals surface area contributed by atoms with E-state index in [-0.39, 0.29) is 11.0 Å². The summed E-state index contributed by atoms with van der Waals surface area (Å²) < 4.78 is 1.67. The third-order valence-corrected chi connectivity index (χ3v) is 8.66. The second kappa shape index (κ2) is 7.33. The number of para-hydroxylation sites is 2. The minimum atomic E-state index is -0.115. The van der Waals surface area contributed by atoms with E-state index in [4.69, 9.17) is 4.98 Å². The van der Waals surface area contributed by atoms with Crippen LogP contribution >= 0.6 is 11.8 Å². The highest BCUT2D eigenvalue weighted by Gasteiger charge is 2.54. The smallest absolute Gasteiger partial charge is 0.266 e. The summed E-state index contributed by atoms with van der Waals surface area (Å²) in [4.78, 5) is 31.7. The zero-order valence-corrected chi connectivity index (χ0v) is 18.3. The predicted molar refractivity (Wildman–Crippen MR) is 124 cm³/mol. The molecule has 31 heavy (non-hydrogen) atoms. The van der Waals surface area contributed by atoms with Crippen LogP contribution in [0.25, 0.3) is 16.6 Å². The molecule has 7 rings (SSSR count). The van der Waals surface area contributed by atoms with Gasteiger partial charge in [0.25, 0.3) is 5.56 Å². The molecular formula is C26H26N2O2S. The van der Waals surface area contributed by atoms with Gasteiger partial charge in [-0.2, -0.15) is 0 Å². The molecule has 0 unspecified atom stereocenters. The number of rotatable bonds is 5. The van der Waals surface area contributed by atoms with E-state index in [9.17, 15) is 9.59 Å². The molecule has 4 aliphatic rings.